The third-order valence-corrected chi connectivity index (χ3v) is 3.71. The second kappa shape index (κ2) is 6.87. The highest BCUT2D eigenvalue weighted by molar-refractivity contribution is 5.37. The van der Waals surface area contributed by atoms with Gasteiger partial charge in [-0.2, -0.15) is 0 Å². The third-order valence-electron chi connectivity index (χ3n) is 3.71. The molecule has 1 saturated heterocycles. The zero-order valence-electron chi connectivity index (χ0n) is 11.6. The molecule has 0 spiro atoms. The number of benzene rings is 1. The molecule has 4 heteroatoms. The number of hydrogen-bond acceptors (Lipinski definition) is 3. The molecule has 1 fully saturated rings. The number of ether oxygens (including phenoxy) is 2. The average molecular weight is 267 g/mol. The Labute approximate surface area is 114 Å². The van der Waals surface area contributed by atoms with Gasteiger partial charge in [0.1, 0.15) is 11.6 Å². The van der Waals surface area contributed by atoms with E-state index in [1.165, 1.54) is 6.07 Å². The first-order chi connectivity index (χ1) is 9.27. The molecule has 1 heterocycles. The van der Waals surface area contributed by atoms with Crippen LogP contribution in [0.3, 0.4) is 0 Å². The van der Waals surface area contributed by atoms with Crippen LogP contribution in [0.25, 0.3) is 0 Å². The molecular formula is C15H22FNO2. The molecule has 0 amide bonds. The average Bonchev–Trinajstić information content (AvgIpc) is 2.46. The Morgan fingerprint density at radius 2 is 2.16 bits per heavy atom. The zero-order valence-corrected chi connectivity index (χ0v) is 11.6. The minimum absolute atomic E-state index is 0.00921. The highest BCUT2D eigenvalue weighted by atomic mass is 19.1. The molecule has 1 aliphatic rings. The molecule has 1 atom stereocenters. The van der Waals surface area contributed by atoms with Crippen molar-refractivity contribution in [2.24, 2.45) is 5.92 Å². The van der Waals surface area contributed by atoms with Crippen LogP contribution in [0.15, 0.2) is 18.2 Å². The summed E-state index contributed by atoms with van der Waals surface area (Å²) in [7, 11) is 1.59. The number of rotatable bonds is 5. The quantitative estimate of drug-likeness (QED) is 0.889. The van der Waals surface area contributed by atoms with Crippen molar-refractivity contribution in [1.82, 2.24) is 5.32 Å². The summed E-state index contributed by atoms with van der Waals surface area (Å²) in [4.78, 5) is 0. The third kappa shape index (κ3) is 3.25. The fourth-order valence-electron chi connectivity index (χ4n) is 2.77. The van der Waals surface area contributed by atoms with E-state index in [9.17, 15) is 4.39 Å². The summed E-state index contributed by atoms with van der Waals surface area (Å²) in [5, 5.41) is 3.41. The predicted molar refractivity (Wildman–Crippen MR) is 72.9 cm³/mol. The van der Waals surface area contributed by atoms with E-state index in [4.69, 9.17) is 9.47 Å². The smallest absolute Gasteiger partial charge is 0.131 e. The maximum atomic E-state index is 14.2. The van der Waals surface area contributed by atoms with Gasteiger partial charge in [0.25, 0.3) is 0 Å². The molecule has 2 rings (SSSR count). The lowest BCUT2D eigenvalue weighted by atomic mass is 9.86. The van der Waals surface area contributed by atoms with Gasteiger partial charge in [-0.05, 0) is 37.4 Å². The molecule has 3 nitrogen and oxygen atoms in total. The van der Waals surface area contributed by atoms with Crippen molar-refractivity contribution in [2.45, 2.75) is 25.8 Å². The second-order valence-electron chi connectivity index (χ2n) is 4.84. The molecule has 1 aromatic carbocycles. The first-order valence-corrected chi connectivity index (χ1v) is 6.91. The molecule has 1 N–H and O–H groups in total. The van der Waals surface area contributed by atoms with Crippen LogP contribution in [0.2, 0.25) is 0 Å². The van der Waals surface area contributed by atoms with Crippen molar-refractivity contribution in [3.05, 3.63) is 29.6 Å². The van der Waals surface area contributed by atoms with Crippen molar-refractivity contribution in [2.75, 3.05) is 26.9 Å². The number of hydrogen-bond donors (Lipinski definition) is 1. The molecular weight excluding hydrogens is 245 g/mol. The number of halogens is 1. The van der Waals surface area contributed by atoms with Gasteiger partial charge in [0.15, 0.2) is 0 Å². The van der Waals surface area contributed by atoms with Gasteiger partial charge in [-0.25, -0.2) is 4.39 Å². The van der Waals surface area contributed by atoms with Crippen molar-refractivity contribution in [3.8, 4) is 5.75 Å². The van der Waals surface area contributed by atoms with E-state index in [-0.39, 0.29) is 11.9 Å². The van der Waals surface area contributed by atoms with E-state index < -0.39 is 0 Å². The van der Waals surface area contributed by atoms with Gasteiger partial charge < -0.3 is 14.8 Å². The Kier molecular flexibility index (Phi) is 5.16. The van der Waals surface area contributed by atoms with Crippen LogP contribution in [-0.2, 0) is 4.74 Å². The lowest BCUT2D eigenvalue weighted by Gasteiger charge is -2.32. The lowest BCUT2D eigenvalue weighted by Crippen LogP contribution is -2.33. The van der Waals surface area contributed by atoms with Crippen LogP contribution in [0, 0.1) is 11.7 Å². The molecule has 1 aromatic rings. The Morgan fingerprint density at radius 1 is 1.42 bits per heavy atom. The maximum Gasteiger partial charge on any atom is 0.131 e. The van der Waals surface area contributed by atoms with Crippen LogP contribution in [0.4, 0.5) is 4.39 Å². The highest BCUT2D eigenvalue weighted by Crippen LogP contribution is 2.36. The van der Waals surface area contributed by atoms with Gasteiger partial charge in [-0.15, -0.1) is 0 Å². The van der Waals surface area contributed by atoms with E-state index in [1.807, 2.05) is 13.0 Å². The maximum absolute atomic E-state index is 14.2. The van der Waals surface area contributed by atoms with Crippen LogP contribution in [0.1, 0.15) is 31.4 Å². The summed E-state index contributed by atoms with van der Waals surface area (Å²) in [6.07, 6.45) is 1.91. The van der Waals surface area contributed by atoms with E-state index in [2.05, 4.69) is 5.32 Å². The van der Waals surface area contributed by atoms with E-state index in [0.717, 1.165) is 32.6 Å². The van der Waals surface area contributed by atoms with Gasteiger partial charge in [0.05, 0.1) is 7.11 Å². The summed E-state index contributed by atoms with van der Waals surface area (Å²) in [5.41, 5.74) is 0.652. The molecule has 19 heavy (non-hydrogen) atoms. The minimum atomic E-state index is -0.197. The normalized spacial score (nSPS) is 18.3. The van der Waals surface area contributed by atoms with E-state index in [1.54, 1.807) is 13.2 Å². The van der Waals surface area contributed by atoms with E-state index in [0.29, 0.717) is 17.2 Å². The van der Waals surface area contributed by atoms with Gasteiger partial charge >= 0.3 is 0 Å². The van der Waals surface area contributed by atoms with Crippen LogP contribution in [-0.4, -0.2) is 26.9 Å². The standard InChI is InChI=1S/C15H22FNO2/c1-3-17-15(11-7-9-19-10-8-11)14-12(16)5-4-6-13(14)18-2/h4-6,11,15,17H,3,7-10H2,1-2H3. The Hall–Kier alpha value is -1.13. The second-order valence-corrected chi connectivity index (χ2v) is 4.84. The Bertz CT molecular complexity index is 405. The molecule has 106 valence electrons. The summed E-state index contributed by atoms with van der Waals surface area (Å²) >= 11 is 0. The van der Waals surface area contributed by atoms with Gasteiger partial charge in [-0.3, -0.25) is 0 Å². The first-order valence-electron chi connectivity index (χ1n) is 6.91. The molecule has 1 aliphatic heterocycles. The molecule has 0 bridgehead atoms. The number of methoxy groups -OCH3 is 1. The largest absolute Gasteiger partial charge is 0.496 e. The monoisotopic (exact) mass is 267 g/mol. The molecule has 0 aliphatic carbocycles. The molecule has 0 aromatic heterocycles. The van der Waals surface area contributed by atoms with Gasteiger partial charge in [0.2, 0.25) is 0 Å². The van der Waals surface area contributed by atoms with E-state index >= 15 is 0 Å². The summed E-state index contributed by atoms with van der Waals surface area (Å²) in [6.45, 7) is 4.35. The van der Waals surface area contributed by atoms with Crippen molar-refractivity contribution >= 4 is 0 Å². The SMILES string of the molecule is CCNC(c1c(F)cccc1OC)C1CCOCC1. The minimum Gasteiger partial charge on any atom is -0.496 e. The predicted octanol–water partition coefficient (Wildman–Crippen LogP) is 2.91. The highest BCUT2D eigenvalue weighted by Gasteiger charge is 2.29. The van der Waals surface area contributed by atoms with Gasteiger partial charge in [-0.1, -0.05) is 13.0 Å². The first kappa shape index (κ1) is 14.3. The molecule has 0 radical (unpaired) electrons. The Balaban J connectivity index is 2.32. The van der Waals surface area contributed by atoms with Gasteiger partial charge in [0, 0.05) is 24.8 Å². The Morgan fingerprint density at radius 3 is 2.79 bits per heavy atom. The van der Waals surface area contributed by atoms with Crippen molar-refractivity contribution in [1.29, 1.82) is 0 Å². The van der Waals surface area contributed by atoms with Crippen LogP contribution >= 0.6 is 0 Å². The van der Waals surface area contributed by atoms with Crippen molar-refractivity contribution < 1.29 is 13.9 Å². The van der Waals surface area contributed by atoms with Crippen LogP contribution in [0.5, 0.6) is 5.75 Å². The lowest BCUT2D eigenvalue weighted by molar-refractivity contribution is 0.0530. The van der Waals surface area contributed by atoms with Crippen molar-refractivity contribution in [3.63, 3.8) is 0 Å². The summed E-state index contributed by atoms with van der Waals surface area (Å²) in [5.74, 6) is 0.814. The van der Waals surface area contributed by atoms with Crippen LogP contribution < -0.4 is 10.1 Å². The topological polar surface area (TPSA) is 30.5 Å². The fraction of sp³-hybridized carbons (Fsp3) is 0.600. The summed E-state index contributed by atoms with van der Waals surface area (Å²) < 4.78 is 24.9. The zero-order chi connectivity index (χ0) is 13.7. The fourth-order valence-corrected chi connectivity index (χ4v) is 2.77. The molecule has 1 unspecified atom stereocenters. The summed E-state index contributed by atoms with van der Waals surface area (Å²) in [6, 6.07) is 5.00. The number of nitrogens with one attached hydrogen (secondary N) is 1. The molecule has 0 saturated carbocycles.